The minimum atomic E-state index is -1.21. The number of rotatable bonds is 6. The number of aromatic nitrogens is 2. The van der Waals surface area contributed by atoms with Gasteiger partial charge in [0, 0.05) is 47.7 Å². The van der Waals surface area contributed by atoms with Crippen molar-refractivity contribution in [3.63, 3.8) is 0 Å². The zero-order valence-corrected chi connectivity index (χ0v) is 20.6. The fraction of sp³-hybridized carbons (Fsp3) is 0.393. The first-order valence-corrected chi connectivity index (χ1v) is 12.1. The third kappa shape index (κ3) is 4.43. The fourth-order valence-corrected chi connectivity index (χ4v) is 4.87. The van der Waals surface area contributed by atoms with Gasteiger partial charge in [0.05, 0.1) is 12.8 Å². The molecule has 3 heterocycles. The van der Waals surface area contributed by atoms with Crippen LogP contribution < -0.4 is 15.5 Å². The van der Waals surface area contributed by atoms with E-state index in [9.17, 15) is 14.7 Å². The second-order valence-electron chi connectivity index (χ2n) is 10.7. The number of methoxy groups -OCH3 is 1. The fourth-order valence-electron chi connectivity index (χ4n) is 4.87. The van der Waals surface area contributed by atoms with Crippen molar-refractivity contribution in [2.24, 2.45) is 11.3 Å². The molecule has 0 amide bonds. The van der Waals surface area contributed by atoms with E-state index in [2.05, 4.69) is 37.1 Å². The average molecular weight is 474 g/mol. The highest BCUT2D eigenvalue weighted by Crippen LogP contribution is 2.45. The Labute approximate surface area is 204 Å². The highest BCUT2D eigenvalue weighted by molar-refractivity contribution is 5.88. The molecule has 0 radical (unpaired) electrons. The number of nitrogens with one attached hydrogen (secondary N) is 1. The van der Waals surface area contributed by atoms with Crippen LogP contribution in [0.3, 0.4) is 0 Å². The van der Waals surface area contributed by atoms with Gasteiger partial charge in [-0.05, 0) is 60.4 Å². The van der Waals surface area contributed by atoms with E-state index in [-0.39, 0.29) is 17.0 Å². The van der Waals surface area contributed by atoms with Gasteiger partial charge in [0.1, 0.15) is 17.1 Å². The molecule has 1 aliphatic carbocycles. The molecule has 0 spiro atoms. The molecule has 2 N–H and O–H groups in total. The first-order chi connectivity index (χ1) is 16.7. The maximum atomic E-state index is 12.6. The third-order valence-corrected chi connectivity index (χ3v) is 7.10. The molecular weight excluding hydrogens is 442 g/mol. The third-order valence-electron chi connectivity index (χ3n) is 7.10. The van der Waals surface area contributed by atoms with Gasteiger partial charge in [0.2, 0.25) is 0 Å². The van der Waals surface area contributed by atoms with Crippen LogP contribution in [-0.4, -0.2) is 34.3 Å². The van der Waals surface area contributed by atoms with Crippen LogP contribution in [0, 0.1) is 11.3 Å². The van der Waals surface area contributed by atoms with Crippen molar-refractivity contribution in [1.82, 2.24) is 9.55 Å². The zero-order chi connectivity index (χ0) is 24.9. The summed E-state index contributed by atoms with van der Waals surface area (Å²) in [5.74, 6) is 1.11. The van der Waals surface area contributed by atoms with E-state index in [1.807, 2.05) is 29.0 Å². The molecule has 5 rings (SSSR count). The number of benzene rings is 1. The van der Waals surface area contributed by atoms with Gasteiger partial charge in [0.25, 0.3) is 0 Å². The van der Waals surface area contributed by atoms with Gasteiger partial charge in [0.15, 0.2) is 5.43 Å². The minimum absolute atomic E-state index is 0.0166. The Hall–Kier alpha value is -3.61. The number of carboxylic acids is 1. The van der Waals surface area contributed by atoms with Crippen molar-refractivity contribution in [2.75, 3.05) is 19.0 Å². The first kappa shape index (κ1) is 23.1. The SMILES string of the molecule is COc1cc2c(cc1-c1ccc(NCC3CC3)nc1)CC(C(C)(C)C)n1cc(C(=O)O)c(=O)cc1-2. The van der Waals surface area contributed by atoms with E-state index < -0.39 is 11.4 Å². The number of hydrogen-bond acceptors (Lipinski definition) is 5. The minimum Gasteiger partial charge on any atom is -0.496 e. The van der Waals surface area contributed by atoms with E-state index >= 15 is 0 Å². The van der Waals surface area contributed by atoms with Gasteiger partial charge in [-0.2, -0.15) is 0 Å². The molecule has 2 aliphatic rings. The Kier molecular flexibility index (Phi) is 5.66. The van der Waals surface area contributed by atoms with Crippen molar-refractivity contribution in [1.29, 1.82) is 0 Å². The summed E-state index contributed by atoms with van der Waals surface area (Å²) < 4.78 is 7.71. The summed E-state index contributed by atoms with van der Waals surface area (Å²) in [5, 5.41) is 12.9. The maximum Gasteiger partial charge on any atom is 0.341 e. The summed E-state index contributed by atoms with van der Waals surface area (Å²) in [4.78, 5) is 28.9. The van der Waals surface area contributed by atoms with Crippen LogP contribution in [-0.2, 0) is 6.42 Å². The van der Waals surface area contributed by atoms with Crippen LogP contribution in [0.15, 0.2) is 47.5 Å². The second kappa shape index (κ2) is 8.56. The van der Waals surface area contributed by atoms with Gasteiger partial charge in [-0.3, -0.25) is 4.79 Å². The number of carboxylic acid groups (broad SMARTS) is 1. The highest BCUT2D eigenvalue weighted by atomic mass is 16.5. The standard InChI is InChI=1S/C28H31N3O4/c1-28(2,3)25-10-18-9-20(17-7-8-26(30-14-17)29-13-16-5-6-16)24(35-4)11-19(18)22-12-23(32)21(27(33)34)15-31(22)25/h7-9,11-12,14-16,25H,5-6,10,13H2,1-4H3,(H,29,30)(H,33,34). The maximum absolute atomic E-state index is 12.6. The Balaban J connectivity index is 1.60. The molecule has 1 saturated carbocycles. The molecule has 7 heteroatoms. The van der Waals surface area contributed by atoms with Crippen LogP contribution in [0.2, 0.25) is 0 Å². The van der Waals surface area contributed by atoms with E-state index in [4.69, 9.17) is 4.74 Å². The predicted octanol–water partition coefficient (Wildman–Crippen LogP) is 5.25. The van der Waals surface area contributed by atoms with Crippen molar-refractivity contribution < 1.29 is 14.6 Å². The van der Waals surface area contributed by atoms with E-state index in [0.717, 1.165) is 40.5 Å². The van der Waals surface area contributed by atoms with Gasteiger partial charge in [-0.1, -0.05) is 20.8 Å². The second-order valence-corrected chi connectivity index (χ2v) is 10.7. The molecule has 35 heavy (non-hydrogen) atoms. The van der Waals surface area contributed by atoms with Gasteiger partial charge in [-0.25, -0.2) is 9.78 Å². The number of fused-ring (bicyclic) bond motifs is 3. The highest BCUT2D eigenvalue weighted by Gasteiger charge is 2.34. The smallest absolute Gasteiger partial charge is 0.341 e. The number of anilines is 1. The molecule has 2 aromatic heterocycles. The predicted molar refractivity (Wildman–Crippen MR) is 136 cm³/mol. The largest absolute Gasteiger partial charge is 0.496 e. The van der Waals surface area contributed by atoms with E-state index in [1.165, 1.54) is 25.1 Å². The lowest BCUT2D eigenvalue weighted by atomic mass is 9.78. The molecule has 1 atom stereocenters. The number of carbonyl (C=O) groups is 1. The number of aromatic carboxylic acids is 1. The Morgan fingerprint density at radius 3 is 2.57 bits per heavy atom. The summed E-state index contributed by atoms with van der Waals surface area (Å²) in [6, 6.07) is 9.55. The van der Waals surface area contributed by atoms with Crippen molar-refractivity contribution in [3.05, 3.63) is 64.1 Å². The number of pyridine rings is 2. The summed E-state index contributed by atoms with van der Waals surface area (Å²) in [7, 11) is 1.63. The molecule has 1 aromatic carbocycles. The monoisotopic (exact) mass is 473 g/mol. The van der Waals surface area contributed by atoms with Crippen LogP contribution in [0.5, 0.6) is 5.75 Å². The number of hydrogen-bond donors (Lipinski definition) is 2. The summed E-state index contributed by atoms with van der Waals surface area (Å²) in [6.07, 6.45) is 6.65. The van der Waals surface area contributed by atoms with Crippen LogP contribution in [0.4, 0.5) is 5.82 Å². The molecule has 0 bridgehead atoms. The first-order valence-electron chi connectivity index (χ1n) is 12.1. The van der Waals surface area contributed by atoms with Crippen LogP contribution in [0.1, 0.15) is 55.6 Å². The normalized spacial score (nSPS) is 16.9. The molecule has 3 aromatic rings. The van der Waals surface area contributed by atoms with Crippen molar-refractivity contribution >= 4 is 11.8 Å². The molecule has 182 valence electrons. The topological polar surface area (TPSA) is 93.4 Å². The Morgan fingerprint density at radius 2 is 1.97 bits per heavy atom. The Bertz CT molecular complexity index is 1350. The van der Waals surface area contributed by atoms with Gasteiger partial charge < -0.3 is 19.7 Å². The van der Waals surface area contributed by atoms with Crippen LogP contribution >= 0.6 is 0 Å². The average Bonchev–Trinajstić information content (AvgIpc) is 3.65. The molecule has 1 fully saturated rings. The lowest BCUT2D eigenvalue weighted by molar-refractivity contribution is 0.0693. The van der Waals surface area contributed by atoms with E-state index in [1.54, 1.807) is 7.11 Å². The summed E-state index contributed by atoms with van der Waals surface area (Å²) >= 11 is 0. The lowest BCUT2D eigenvalue weighted by Crippen LogP contribution is -2.32. The van der Waals surface area contributed by atoms with Crippen LogP contribution in [0.25, 0.3) is 22.4 Å². The van der Waals surface area contributed by atoms with Crippen molar-refractivity contribution in [2.45, 2.75) is 46.1 Å². The number of nitrogens with zero attached hydrogens (tertiary/aromatic N) is 2. The summed E-state index contributed by atoms with van der Waals surface area (Å²) in [6.45, 7) is 7.36. The molecule has 1 aliphatic heterocycles. The number of ether oxygens (including phenoxy) is 1. The summed E-state index contributed by atoms with van der Waals surface area (Å²) in [5.41, 5.74) is 3.73. The van der Waals surface area contributed by atoms with Gasteiger partial charge in [-0.15, -0.1) is 0 Å². The zero-order valence-electron chi connectivity index (χ0n) is 20.6. The molecule has 0 saturated heterocycles. The Morgan fingerprint density at radius 1 is 1.20 bits per heavy atom. The van der Waals surface area contributed by atoms with Crippen molar-refractivity contribution in [3.8, 4) is 28.1 Å². The lowest BCUT2D eigenvalue weighted by Gasteiger charge is -2.39. The van der Waals surface area contributed by atoms with E-state index in [0.29, 0.717) is 17.9 Å². The molecule has 7 nitrogen and oxygen atoms in total. The quantitative estimate of drug-likeness (QED) is 0.508. The molecular formula is C28H31N3O4. The van der Waals surface area contributed by atoms with Gasteiger partial charge >= 0.3 is 5.97 Å². The molecule has 1 unspecified atom stereocenters.